The first-order valence-electron chi connectivity index (χ1n) is 5.96. The summed E-state index contributed by atoms with van der Waals surface area (Å²) in [5.74, 6) is 0.989. The maximum absolute atomic E-state index is 12.1. The van der Waals surface area contributed by atoms with Crippen molar-refractivity contribution in [3.63, 3.8) is 0 Å². The van der Waals surface area contributed by atoms with E-state index in [-0.39, 0.29) is 11.8 Å². The van der Waals surface area contributed by atoms with E-state index in [0.717, 1.165) is 25.7 Å². The summed E-state index contributed by atoms with van der Waals surface area (Å²) >= 11 is 0. The van der Waals surface area contributed by atoms with Crippen LogP contribution < -0.4 is 0 Å². The van der Waals surface area contributed by atoms with Crippen molar-refractivity contribution >= 4 is 5.78 Å². The molecule has 0 aromatic rings. The number of carbonyl (C=O) groups is 1. The second-order valence-corrected chi connectivity index (χ2v) is 4.08. The van der Waals surface area contributed by atoms with Crippen molar-refractivity contribution in [3.8, 4) is 0 Å². The van der Waals surface area contributed by atoms with Crippen LogP contribution in [0.1, 0.15) is 53.4 Å². The molecule has 1 aliphatic rings. The standard InChI is InChI=1S/C13H22O/c1-5-9-10(6-2)12(8-4)13(14)11(9)7-3/h11-12H,5-8H2,1-4H3/t11-,12-/m0/s1. The van der Waals surface area contributed by atoms with E-state index in [1.54, 1.807) is 0 Å². The molecule has 1 heteroatoms. The molecule has 1 aliphatic carbocycles. The van der Waals surface area contributed by atoms with Crippen molar-refractivity contribution < 1.29 is 4.79 Å². The van der Waals surface area contributed by atoms with E-state index in [1.165, 1.54) is 11.1 Å². The number of carbonyl (C=O) groups excluding carboxylic acids is 1. The fraction of sp³-hybridized carbons (Fsp3) is 0.769. The average molecular weight is 194 g/mol. The molecule has 0 saturated carbocycles. The van der Waals surface area contributed by atoms with E-state index in [1.807, 2.05) is 0 Å². The second kappa shape index (κ2) is 4.77. The minimum absolute atomic E-state index is 0.250. The van der Waals surface area contributed by atoms with Crippen LogP contribution in [0.25, 0.3) is 0 Å². The van der Waals surface area contributed by atoms with Crippen LogP contribution in [0, 0.1) is 11.8 Å². The summed E-state index contributed by atoms with van der Waals surface area (Å²) in [5.41, 5.74) is 2.90. The molecule has 1 nitrogen and oxygen atoms in total. The van der Waals surface area contributed by atoms with Crippen molar-refractivity contribution in [2.45, 2.75) is 53.4 Å². The van der Waals surface area contributed by atoms with Crippen LogP contribution in [-0.4, -0.2) is 5.78 Å². The van der Waals surface area contributed by atoms with Crippen molar-refractivity contribution in [1.82, 2.24) is 0 Å². The minimum atomic E-state index is 0.250. The van der Waals surface area contributed by atoms with Crippen LogP contribution in [0.4, 0.5) is 0 Å². The lowest BCUT2D eigenvalue weighted by atomic mass is 9.93. The van der Waals surface area contributed by atoms with Gasteiger partial charge in [-0.15, -0.1) is 0 Å². The Kier molecular flexibility index (Phi) is 3.91. The van der Waals surface area contributed by atoms with Crippen LogP contribution in [0.2, 0.25) is 0 Å². The molecule has 0 N–H and O–H groups in total. The summed E-state index contributed by atoms with van der Waals surface area (Å²) in [6.45, 7) is 8.62. The summed E-state index contributed by atoms with van der Waals surface area (Å²) in [4.78, 5) is 12.1. The first-order valence-corrected chi connectivity index (χ1v) is 5.96. The van der Waals surface area contributed by atoms with Crippen molar-refractivity contribution in [2.24, 2.45) is 11.8 Å². The summed E-state index contributed by atoms with van der Waals surface area (Å²) in [7, 11) is 0. The second-order valence-electron chi connectivity index (χ2n) is 4.08. The summed E-state index contributed by atoms with van der Waals surface area (Å²) in [5, 5.41) is 0. The number of ketones is 1. The molecule has 0 spiro atoms. The van der Waals surface area contributed by atoms with Gasteiger partial charge in [0.25, 0.3) is 0 Å². The molecule has 0 aromatic heterocycles. The fourth-order valence-corrected chi connectivity index (χ4v) is 2.88. The van der Waals surface area contributed by atoms with Crippen LogP contribution in [-0.2, 0) is 4.79 Å². The SMILES string of the molecule is CCC1=C(CC)[C@H](CC)C(=O)[C@H]1CC. The van der Waals surface area contributed by atoms with Gasteiger partial charge in [-0.2, -0.15) is 0 Å². The van der Waals surface area contributed by atoms with Gasteiger partial charge in [0.1, 0.15) is 5.78 Å². The lowest BCUT2D eigenvalue weighted by Gasteiger charge is -2.09. The minimum Gasteiger partial charge on any atom is -0.298 e. The van der Waals surface area contributed by atoms with Gasteiger partial charge in [-0.3, -0.25) is 4.79 Å². The highest BCUT2D eigenvalue weighted by Crippen LogP contribution is 2.40. The predicted octanol–water partition coefficient (Wildman–Crippen LogP) is 3.74. The summed E-state index contributed by atoms with van der Waals surface area (Å²) in [6, 6.07) is 0. The molecule has 80 valence electrons. The van der Waals surface area contributed by atoms with Crippen LogP contribution in [0.5, 0.6) is 0 Å². The third-order valence-electron chi connectivity index (χ3n) is 3.52. The Bertz CT molecular complexity index is 226. The molecule has 0 saturated heterocycles. The van der Waals surface area contributed by atoms with E-state index in [9.17, 15) is 4.79 Å². The van der Waals surface area contributed by atoms with Crippen molar-refractivity contribution in [1.29, 1.82) is 0 Å². The number of hydrogen-bond acceptors (Lipinski definition) is 1. The molecule has 0 amide bonds. The molecule has 0 unspecified atom stereocenters. The topological polar surface area (TPSA) is 17.1 Å². The zero-order valence-electron chi connectivity index (χ0n) is 9.89. The fourth-order valence-electron chi connectivity index (χ4n) is 2.88. The maximum atomic E-state index is 12.1. The highest BCUT2D eigenvalue weighted by Gasteiger charge is 2.37. The van der Waals surface area contributed by atoms with E-state index in [4.69, 9.17) is 0 Å². The van der Waals surface area contributed by atoms with Gasteiger partial charge in [0, 0.05) is 11.8 Å². The van der Waals surface area contributed by atoms with Gasteiger partial charge in [-0.1, -0.05) is 38.8 Å². The van der Waals surface area contributed by atoms with Gasteiger partial charge in [0.15, 0.2) is 0 Å². The molecule has 0 heterocycles. The Hall–Kier alpha value is -0.590. The van der Waals surface area contributed by atoms with Gasteiger partial charge < -0.3 is 0 Å². The Morgan fingerprint density at radius 1 is 0.857 bits per heavy atom. The normalized spacial score (nSPS) is 27.6. The molecule has 0 bridgehead atoms. The molecule has 2 atom stereocenters. The molecule has 0 aliphatic heterocycles. The Morgan fingerprint density at radius 2 is 1.21 bits per heavy atom. The molecule has 14 heavy (non-hydrogen) atoms. The first-order chi connectivity index (χ1) is 6.71. The summed E-state index contributed by atoms with van der Waals surface area (Å²) in [6.07, 6.45) is 4.10. The van der Waals surface area contributed by atoms with Crippen LogP contribution in [0.15, 0.2) is 11.1 Å². The molecule has 0 fully saturated rings. The zero-order valence-corrected chi connectivity index (χ0v) is 9.89. The van der Waals surface area contributed by atoms with Crippen LogP contribution >= 0.6 is 0 Å². The third kappa shape index (κ3) is 1.65. The Balaban J connectivity index is 3.04. The molecular formula is C13H22O. The van der Waals surface area contributed by atoms with Crippen molar-refractivity contribution in [2.75, 3.05) is 0 Å². The Labute approximate surface area is 87.6 Å². The lowest BCUT2D eigenvalue weighted by Crippen LogP contribution is -2.16. The van der Waals surface area contributed by atoms with E-state index >= 15 is 0 Å². The van der Waals surface area contributed by atoms with Crippen molar-refractivity contribution in [3.05, 3.63) is 11.1 Å². The quantitative estimate of drug-likeness (QED) is 0.623. The monoisotopic (exact) mass is 194 g/mol. The smallest absolute Gasteiger partial charge is 0.147 e. The van der Waals surface area contributed by atoms with E-state index < -0.39 is 0 Å². The summed E-state index contributed by atoms with van der Waals surface area (Å²) < 4.78 is 0. The molecule has 0 aromatic carbocycles. The molecule has 1 rings (SSSR count). The average Bonchev–Trinajstić information content (AvgIpc) is 2.48. The van der Waals surface area contributed by atoms with Gasteiger partial charge >= 0.3 is 0 Å². The van der Waals surface area contributed by atoms with Gasteiger partial charge in [-0.05, 0) is 25.7 Å². The number of Topliss-reactive ketones (excluding diaryl/α,β-unsaturated/α-hetero) is 1. The highest BCUT2D eigenvalue weighted by molar-refractivity contribution is 5.92. The largest absolute Gasteiger partial charge is 0.298 e. The number of rotatable bonds is 4. The van der Waals surface area contributed by atoms with E-state index in [0.29, 0.717) is 5.78 Å². The van der Waals surface area contributed by atoms with Gasteiger partial charge in [-0.25, -0.2) is 0 Å². The first kappa shape index (κ1) is 11.5. The molecule has 0 radical (unpaired) electrons. The third-order valence-corrected chi connectivity index (χ3v) is 3.52. The maximum Gasteiger partial charge on any atom is 0.147 e. The van der Waals surface area contributed by atoms with E-state index in [2.05, 4.69) is 27.7 Å². The number of allylic oxidation sites excluding steroid dienone is 2. The lowest BCUT2D eigenvalue weighted by molar-refractivity contribution is -0.123. The van der Waals surface area contributed by atoms with Crippen LogP contribution in [0.3, 0.4) is 0 Å². The number of hydrogen-bond donors (Lipinski definition) is 0. The predicted molar refractivity (Wildman–Crippen MR) is 60.2 cm³/mol. The van der Waals surface area contributed by atoms with Gasteiger partial charge in [0.2, 0.25) is 0 Å². The zero-order chi connectivity index (χ0) is 10.7. The molecular weight excluding hydrogens is 172 g/mol. The highest BCUT2D eigenvalue weighted by atomic mass is 16.1. The Morgan fingerprint density at radius 3 is 1.43 bits per heavy atom. The van der Waals surface area contributed by atoms with Gasteiger partial charge in [0.05, 0.1) is 0 Å².